The van der Waals surface area contributed by atoms with Crippen molar-refractivity contribution in [3.05, 3.63) is 0 Å². The molecule has 0 saturated heterocycles. The van der Waals surface area contributed by atoms with Crippen molar-refractivity contribution >= 4 is 0 Å². The van der Waals surface area contributed by atoms with Crippen LogP contribution >= 0.6 is 0 Å². The van der Waals surface area contributed by atoms with E-state index in [1.807, 2.05) is 27.7 Å². The van der Waals surface area contributed by atoms with Crippen LogP contribution < -0.4 is 5.73 Å². The van der Waals surface area contributed by atoms with Crippen molar-refractivity contribution in [2.75, 3.05) is 13.2 Å². The van der Waals surface area contributed by atoms with E-state index >= 15 is 0 Å². The SMILES string of the molecule is CC.CC.NCCCCCCO. The minimum atomic E-state index is 0.324. The fourth-order valence-corrected chi connectivity index (χ4v) is 0.610. The molecule has 0 aromatic carbocycles. The molecule has 0 aromatic heterocycles. The highest BCUT2D eigenvalue weighted by atomic mass is 16.2. The molecule has 0 unspecified atom stereocenters. The van der Waals surface area contributed by atoms with Gasteiger partial charge in [0.25, 0.3) is 0 Å². The summed E-state index contributed by atoms with van der Waals surface area (Å²) in [5, 5.41) is 8.33. The number of hydrogen-bond acceptors (Lipinski definition) is 2. The zero-order valence-corrected chi connectivity index (χ0v) is 9.27. The second-order valence-corrected chi connectivity index (χ2v) is 1.93. The highest BCUT2D eigenvalue weighted by molar-refractivity contribution is 4.41. The van der Waals surface area contributed by atoms with Crippen molar-refractivity contribution in [1.82, 2.24) is 0 Å². The van der Waals surface area contributed by atoms with E-state index in [-0.39, 0.29) is 0 Å². The van der Waals surface area contributed by atoms with Crippen LogP contribution in [-0.2, 0) is 0 Å². The number of aliphatic hydroxyl groups excluding tert-OH is 1. The maximum atomic E-state index is 8.33. The third-order valence-corrected chi connectivity index (χ3v) is 1.11. The van der Waals surface area contributed by atoms with Gasteiger partial charge in [-0.3, -0.25) is 0 Å². The maximum Gasteiger partial charge on any atom is 0.0431 e. The average molecular weight is 177 g/mol. The lowest BCUT2D eigenvalue weighted by molar-refractivity contribution is 0.282. The van der Waals surface area contributed by atoms with Crippen LogP contribution in [0.4, 0.5) is 0 Å². The highest BCUT2D eigenvalue weighted by Gasteiger charge is 1.84. The highest BCUT2D eigenvalue weighted by Crippen LogP contribution is 1.95. The first-order valence-electron chi connectivity index (χ1n) is 5.22. The van der Waals surface area contributed by atoms with Crippen LogP contribution in [0.1, 0.15) is 53.4 Å². The number of aliphatic hydroxyl groups is 1. The molecule has 0 aromatic rings. The molecule has 0 bridgehead atoms. The number of rotatable bonds is 5. The van der Waals surface area contributed by atoms with Crippen LogP contribution in [0.25, 0.3) is 0 Å². The molecule has 0 heterocycles. The Hall–Kier alpha value is -0.0800. The van der Waals surface area contributed by atoms with Crippen LogP contribution in [0.5, 0.6) is 0 Å². The quantitative estimate of drug-likeness (QED) is 0.634. The zero-order valence-electron chi connectivity index (χ0n) is 9.27. The molecule has 0 spiro atoms. The van der Waals surface area contributed by atoms with Gasteiger partial charge in [-0.2, -0.15) is 0 Å². The van der Waals surface area contributed by atoms with E-state index in [0.717, 1.165) is 32.2 Å². The third kappa shape index (κ3) is 32.6. The first-order chi connectivity index (χ1) is 5.91. The minimum Gasteiger partial charge on any atom is -0.396 e. The van der Waals surface area contributed by atoms with E-state index < -0.39 is 0 Å². The number of hydrogen-bond donors (Lipinski definition) is 2. The topological polar surface area (TPSA) is 46.2 Å². The first kappa shape index (κ1) is 17.9. The molecule has 2 heteroatoms. The Morgan fingerprint density at radius 1 is 0.833 bits per heavy atom. The van der Waals surface area contributed by atoms with Crippen molar-refractivity contribution < 1.29 is 5.11 Å². The van der Waals surface area contributed by atoms with Crippen molar-refractivity contribution in [1.29, 1.82) is 0 Å². The lowest BCUT2D eigenvalue weighted by atomic mass is 10.2. The standard InChI is InChI=1S/C6H15NO.2C2H6/c7-5-3-1-2-4-6-8;2*1-2/h8H,1-7H2;2*1-2H3. The lowest BCUT2D eigenvalue weighted by Gasteiger charge is -1.93. The van der Waals surface area contributed by atoms with Gasteiger partial charge in [0.15, 0.2) is 0 Å². The number of unbranched alkanes of at least 4 members (excludes halogenated alkanes) is 3. The molecule has 0 aliphatic heterocycles. The van der Waals surface area contributed by atoms with Crippen LogP contribution in [0.15, 0.2) is 0 Å². The van der Waals surface area contributed by atoms with Gasteiger partial charge in [0, 0.05) is 6.61 Å². The molecule has 3 N–H and O–H groups in total. The Morgan fingerprint density at radius 3 is 1.58 bits per heavy atom. The Morgan fingerprint density at radius 2 is 1.25 bits per heavy atom. The van der Waals surface area contributed by atoms with E-state index in [4.69, 9.17) is 10.8 Å². The molecular formula is C10H27NO. The normalized spacial score (nSPS) is 7.50. The molecule has 0 saturated carbocycles. The molecule has 0 aliphatic carbocycles. The third-order valence-electron chi connectivity index (χ3n) is 1.11. The van der Waals surface area contributed by atoms with Crippen LogP contribution in [0.2, 0.25) is 0 Å². The molecule has 0 amide bonds. The molecular weight excluding hydrogens is 150 g/mol. The van der Waals surface area contributed by atoms with Gasteiger partial charge < -0.3 is 10.8 Å². The molecule has 12 heavy (non-hydrogen) atoms. The Balaban J connectivity index is -0.000000175. The van der Waals surface area contributed by atoms with Gasteiger partial charge in [0.05, 0.1) is 0 Å². The predicted molar refractivity (Wildman–Crippen MR) is 57.3 cm³/mol. The Kier molecular flexibility index (Phi) is 45.6. The smallest absolute Gasteiger partial charge is 0.0431 e. The number of nitrogens with two attached hydrogens (primary N) is 1. The summed E-state index contributed by atoms with van der Waals surface area (Å²) in [4.78, 5) is 0. The van der Waals surface area contributed by atoms with Crippen molar-refractivity contribution in [2.24, 2.45) is 5.73 Å². The van der Waals surface area contributed by atoms with E-state index in [1.165, 1.54) is 0 Å². The van der Waals surface area contributed by atoms with E-state index in [1.54, 1.807) is 0 Å². The molecule has 0 aliphatic rings. The predicted octanol–water partition coefficient (Wildman–Crippen LogP) is 2.55. The fraction of sp³-hybridized carbons (Fsp3) is 1.00. The summed E-state index contributed by atoms with van der Waals surface area (Å²) >= 11 is 0. The first-order valence-corrected chi connectivity index (χ1v) is 5.22. The van der Waals surface area contributed by atoms with Crippen LogP contribution in [0, 0.1) is 0 Å². The summed E-state index contributed by atoms with van der Waals surface area (Å²) in [6.07, 6.45) is 4.31. The van der Waals surface area contributed by atoms with E-state index in [2.05, 4.69) is 0 Å². The summed E-state index contributed by atoms with van der Waals surface area (Å²) in [5.41, 5.74) is 5.25. The largest absolute Gasteiger partial charge is 0.396 e. The summed E-state index contributed by atoms with van der Waals surface area (Å²) < 4.78 is 0. The van der Waals surface area contributed by atoms with Crippen molar-refractivity contribution in [3.63, 3.8) is 0 Å². The van der Waals surface area contributed by atoms with Gasteiger partial charge in [-0.05, 0) is 19.4 Å². The summed E-state index contributed by atoms with van der Waals surface area (Å²) in [7, 11) is 0. The van der Waals surface area contributed by atoms with E-state index in [0.29, 0.717) is 6.61 Å². The van der Waals surface area contributed by atoms with Gasteiger partial charge in [-0.15, -0.1) is 0 Å². The lowest BCUT2D eigenvalue weighted by Crippen LogP contribution is -1.97. The molecule has 78 valence electrons. The van der Waals surface area contributed by atoms with Crippen LogP contribution in [-0.4, -0.2) is 18.3 Å². The monoisotopic (exact) mass is 177 g/mol. The zero-order chi connectivity index (χ0) is 10.2. The van der Waals surface area contributed by atoms with Gasteiger partial charge in [-0.1, -0.05) is 40.5 Å². The van der Waals surface area contributed by atoms with Crippen LogP contribution in [0.3, 0.4) is 0 Å². The molecule has 0 rings (SSSR count). The van der Waals surface area contributed by atoms with Gasteiger partial charge in [0.2, 0.25) is 0 Å². The second-order valence-electron chi connectivity index (χ2n) is 1.93. The van der Waals surface area contributed by atoms with Crippen molar-refractivity contribution in [2.45, 2.75) is 53.4 Å². The molecule has 0 radical (unpaired) electrons. The van der Waals surface area contributed by atoms with Crippen molar-refractivity contribution in [3.8, 4) is 0 Å². The second kappa shape index (κ2) is 30.7. The van der Waals surface area contributed by atoms with Gasteiger partial charge in [0.1, 0.15) is 0 Å². The van der Waals surface area contributed by atoms with E-state index in [9.17, 15) is 0 Å². The molecule has 0 fully saturated rings. The molecule has 2 nitrogen and oxygen atoms in total. The fourth-order valence-electron chi connectivity index (χ4n) is 0.610. The Bertz CT molecular complexity index is 34.8. The maximum absolute atomic E-state index is 8.33. The summed E-state index contributed by atoms with van der Waals surface area (Å²) in [6, 6.07) is 0. The minimum absolute atomic E-state index is 0.324. The summed E-state index contributed by atoms with van der Waals surface area (Å²) in [5.74, 6) is 0. The Labute approximate surface area is 78.2 Å². The summed E-state index contributed by atoms with van der Waals surface area (Å²) in [6.45, 7) is 9.11. The van der Waals surface area contributed by atoms with Gasteiger partial charge >= 0.3 is 0 Å². The molecule has 0 atom stereocenters. The van der Waals surface area contributed by atoms with Gasteiger partial charge in [-0.25, -0.2) is 0 Å². The average Bonchev–Trinajstić information content (AvgIpc) is 2.19.